The van der Waals surface area contributed by atoms with Crippen LogP contribution in [0.4, 0.5) is 5.82 Å². The van der Waals surface area contributed by atoms with E-state index in [0.29, 0.717) is 5.82 Å². The standard InChI is InChI=1S/C16H14N2O/c1-10-8-11(6-7-15(10)19)13-9-12-4-2-3-5-14(12)18-16(13)17/h2-9,19H,1H3,(H2,17,18). The van der Waals surface area contributed by atoms with Crippen LogP contribution in [0.3, 0.4) is 0 Å². The predicted molar refractivity (Wildman–Crippen MR) is 78.0 cm³/mol. The predicted octanol–water partition coefficient (Wildman–Crippen LogP) is 3.50. The molecule has 0 aliphatic carbocycles. The first-order chi connectivity index (χ1) is 9.15. The second kappa shape index (κ2) is 4.28. The van der Waals surface area contributed by atoms with Gasteiger partial charge in [-0.2, -0.15) is 0 Å². The smallest absolute Gasteiger partial charge is 0.131 e. The largest absolute Gasteiger partial charge is 0.508 e. The van der Waals surface area contributed by atoms with Gasteiger partial charge < -0.3 is 10.8 Å². The molecule has 3 heteroatoms. The minimum atomic E-state index is 0.288. The van der Waals surface area contributed by atoms with Crippen LogP contribution in [0.2, 0.25) is 0 Å². The summed E-state index contributed by atoms with van der Waals surface area (Å²) in [6.07, 6.45) is 0. The van der Waals surface area contributed by atoms with Crippen molar-refractivity contribution in [3.8, 4) is 16.9 Å². The van der Waals surface area contributed by atoms with Gasteiger partial charge in [-0.1, -0.05) is 24.3 Å². The third-order valence-electron chi connectivity index (χ3n) is 3.26. The van der Waals surface area contributed by atoms with Gasteiger partial charge in [-0.25, -0.2) is 4.98 Å². The van der Waals surface area contributed by atoms with Crippen molar-refractivity contribution in [3.05, 3.63) is 54.1 Å². The van der Waals surface area contributed by atoms with Gasteiger partial charge in [0.25, 0.3) is 0 Å². The Hall–Kier alpha value is -2.55. The summed E-state index contributed by atoms with van der Waals surface area (Å²) in [6.45, 7) is 1.86. The van der Waals surface area contributed by atoms with Crippen LogP contribution in [-0.2, 0) is 0 Å². The molecule has 3 N–H and O–H groups in total. The summed E-state index contributed by atoms with van der Waals surface area (Å²) in [6, 6.07) is 15.4. The van der Waals surface area contributed by atoms with Gasteiger partial charge in [0.2, 0.25) is 0 Å². The molecule has 0 saturated heterocycles. The number of anilines is 1. The molecule has 2 aromatic carbocycles. The molecule has 3 rings (SSSR count). The molecule has 3 aromatic rings. The zero-order valence-electron chi connectivity index (χ0n) is 10.6. The van der Waals surface area contributed by atoms with Crippen LogP contribution in [-0.4, -0.2) is 10.1 Å². The number of nitrogens with zero attached hydrogens (tertiary/aromatic N) is 1. The van der Waals surface area contributed by atoms with E-state index < -0.39 is 0 Å². The van der Waals surface area contributed by atoms with Crippen molar-refractivity contribution in [2.45, 2.75) is 6.92 Å². The summed E-state index contributed by atoms with van der Waals surface area (Å²) in [5.41, 5.74) is 9.60. The first-order valence-electron chi connectivity index (χ1n) is 6.10. The number of para-hydroxylation sites is 1. The highest BCUT2D eigenvalue weighted by Gasteiger charge is 2.07. The molecule has 0 amide bonds. The van der Waals surface area contributed by atoms with Gasteiger partial charge in [-0.15, -0.1) is 0 Å². The quantitative estimate of drug-likeness (QED) is 0.695. The van der Waals surface area contributed by atoms with Crippen molar-refractivity contribution >= 4 is 16.7 Å². The lowest BCUT2D eigenvalue weighted by atomic mass is 10.0. The van der Waals surface area contributed by atoms with Crippen LogP contribution >= 0.6 is 0 Å². The molecule has 0 atom stereocenters. The summed E-state index contributed by atoms with van der Waals surface area (Å²) in [5, 5.41) is 10.6. The molecule has 1 heterocycles. The lowest BCUT2D eigenvalue weighted by Gasteiger charge is -2.09. The second-order valence-corrected chi connectivity index (χ2v) is 4.62. The highest BCUT2D eigenvalue weighted by Crippen LogP contribution is 2.30. The molecule has 19 heavy (non-hydrogen) atoms. The minimum Gasteiger partial charge on any atom is -0.508 e. The Balaban J connectivity index is 2.23. The Morgan fingerprint density at radius 3 is 2.63 bits per heavy atom. The molecule has 0 radical (unpaired) electrons. The van der Waals surface area contributed by atoms with E-state index in [1.54, 1.807) is 6.07 Å². The Morgan fingerprint density at radius 2 is 1.84 bits per heavy atom. The number of pyridine rings is 1. The number of hydrogen-bond donors (Lipinski definition) is 2. The Bertz CT molecular complexity index is 766. The number of rotatable bonds is 1. The van der Waals surface area contributed by atoms with E-state index in [0.717, 1.165) is 27.6 Å². The van der Waals surface area contributed by atoms with Gasteiger partial charge in [0, 0.05) is 10.9 Å². The lowest BCUT2D eigenvalue weighted by Crippen LogP contribution is -1.95. The van der Waals surface area contributed by atoms with E-state index in [9.17, 15) is 5.11 Å². The minimum absolute atomic E-state index is 0.288. The van der Waals surface area contributed by atoms with Crippen LogP contribution in [0.5, 0.6) is 5.75 Å². The Kier molecular flexibility index (Phi) is 2.60. The van der Waals surface area contributed by atoms with Gasteiger partial charge >= 0.3 is 0 Å². The van der Waals surface area contributed by atoms with Gasteiger partial charge in [0.05, 0.1) is 5.52 Å². The van der Waals surface area contributed by atoms with E-state index in [1.165, 1.54) is 0 Å². The van der Waals surface area contributed by atoms with Crippen molar-refractivity contribution in [1.29, 1.82) is 0 Å². The Labute approximate surface area is 111 Å². The van der Waals surface area contributed by atoms with Crippen molar-refractivity contribution in [2.75, 3.05) is 5.73 Å². The molecule has 1 aromatic heterocycles. The first kappa shape index (κ1) is 11.5. The number of phenols is 1. The van der Waals surface area contributed by atoms with Crippen molar-refractivity contribution in [3.63, 3.8) is 0 Å². The highest BCUT2D eigenvalue weighted by atomic mass is 16.3. The van der Waals surface area contributed by atoms with Gasteiger partial charge in [-0.05, 0) is 42.3 Å². The normalized spacial score (nSPS) is 10.8. The van der Waals surface area contributed by atoms with Crippen LogP contribution in [0.15, 0.2) is 48.5 Å². The topological polar surface area (TPSA) is 59.1 Å². The number of phenolic OH excluding ortho intramolecular Hbond substituents is 1. The number of benzene rings is 2. The van der Waals surface area contributed by atoms with Crippen molar-refractivity contribution in [1.82, 2.24) is 4.98 Å². The third kappa shape index (κ3) is 1.99. The fourth-order valence-electron chi connectivity index (χ4n) is 2.19. The number of nitrogen functional groups attached to an aromatic ring is 1. The zero-order valence-corrected chi connectivity index (χ0v) is 10.6. The molecule has 0 spiro atoms. The number of fused-ring (bicyclic) bond motifs is 1. The summed E-state index contributed by atoms with van der Waals surface area (Å²) in [7, 11) is 0. The fourth-order valence-corrected chi connectivity index (χ4v) is 2.19. The summed E-state index contributed by atoms with van der Waals surface area (Å²) in [4.78, 5) is 4.42. The molecule has 0 saturated carbocycles. The number of aromatic nitrogens is 1. The average Bonchev–Trinajstić information content (AvgIpc) is 2.41. The van der Waals surface area contributed by atoms with Crippen LogP contribution in [0, 0.1) is 6.92 Å². The molecule has 0 unspecified atom stereocenters. The molecular weight excluding hydrogens is 236 g/mol. The lowest BCUT2D eigenvalue weighted by molar-refractivity contribution is 0.471. The Morgan fingerprint density at radius 1 is 1.05 bits per heavy atom. The van der Waals surface area contributed by atoms with E-state index in [-0.39, 0.29) is 5.75 Å². The maximum atomic E-state index is 9.58. The molecular formula is C16H14N2O. The summed E-state index contributed by atoms with van der Waals surface area (Å²) < 4.78 is 0. The third-order valence-corrected chi connectivity index (χ3v) is 3.26. The first-order valence-corrected chi connectivity index (χ1v) is 6.10. The molecule has 0 aliphatic rings. The van der Waals surface area contributed by atoms with Gasteiger partial charge in [-0.3, -0.25) is 0 Å². The van der Waals surface area contributed by atoms with Crippen LogP contribution < -0.4 is 5.73 Å². The molecule has 0 bridgehead atoms. The van der Waals surface area contributed by atoms with Crippen LogP contribution in [0.25, 0.3) is 22.0 Å². The number of hydrogen-bond acceptors (Lipinski definition) is 3. The number of aromatic hydroxyl groups is 1. The van der Waals surface area contributed by atoms with E-state index in [2.05, 4.69) is 4.98 Å². The van der Waals surface area contributed by atoms with E-state index >= 15 is 0 Å². The summed E-state index contributed by atoms with van der Waals surface area (Å²) in [5.74, 6) is 0.792. The fraction of sp³-hybridized carbons (Fsp3) is 0.0625. The number of aryl methyl sites for hydroxylation is 1. The number of nitrogens with two attached hydrogens (primary N) is 1. The maximum Gasteiger partial charge on any atom is 0.131 e. The van der Waals surface area contributed by atoms with Gasteiger partial charge in [0.15, 0.2) is 0 Å². The summed E-state index contributed by atoms with van der Waals surface area (Å²) >= 11 is 0. The van der Waals surface area contributed by atoms with E-state index in [4.69, 9.17) is 5.73 Å². The van der Waals surface area contributed by atoms with Crippen molar-refractivity contribution < 1.29 is 5.11 Å². The molecule has 3 nitrogen and oxygen atoms in total. The van der Waals surface area contributed by atoms with E-state index in [1.807, 2.05) is 49.4 Å². The van der Waals surface area contributed by atoms with Gasteiger partial charge in [0.1, 0.15) is 11.6 Å². The highest BCUT2D eigenvalue weighted by molar-refractivity contribution is 5.88. The van der Waals surface area contributed by atoms with Crippen LogP contribution in [0.1, 0.15) is 5.56 Å². The molecule has 0 fully saturated rings. The maximum absolute atomic E-state index is 9.58. The zero-order chi connectivity index (χ0) is 13.4. The SMILES string of the molecule is Cc1cc(-c2cc3ccccc3nc2N)ccc1O. The second-order valence-electron chi connectivity index (χ2n) is 4.62. The monoisotopic (exact) mass is 250 g/mol. The molecule has 94 valence electrons. The molecule has 0 aliphatic heterocycles. The van der Waals surface area contributed by atoms with Crippen molar-refractivity contribution in [2.24, 2.45) is 0 Å². The average molecular weight is 250 g/mol.